The van der Waals surface area contributed by atoms with Gasteiger partial charge in [0.2, 0.25) is 0 Å². The number of halogens is 8. The van der Waals surface area contributed by atoms with Gasteiger partial charge >= 0.3 is 6.18 Å². The van der Waals surface area contributed by atoms with Crippen LogP contribution in [0.2, 0.25) is 15.1 Å². The van der Waals surface area contributed by atoms with E-state index in [1.54, 1.807) is 42.5 Å². The van der Waals surface area contributed by atoms with Gasteiger partial charge < -0.3 is 37.9 Å². The first-order chi connectivity index (χ1) is 47.4. The molecule has 99 heavy (non-hydrogen) atoms. The van der Waals surface area contributed by atoms with Gasteiger partial charge in [0.1, 0.15) is 46.0 Å². The number of carbonyl (C=O) groups excluding carboxylic acids is 8. The van der Waals surface area contributed by atoms with Crippen molar-refractivity contribution in [1.29, 1.82) is 0 Å². The minimum absolute atomic E-state index is 0.0241. The number of Topliss-reactive ketones (excluding diaryl/α,β-unsaturated/α-hetero) is 8. The van der Waals surface area contributed by atoms with Crippen molar-refractivity contribution in [2.24, 2.45) is 0 Å². The van der Waals surface area contributed by atoms with E-state index in [9.17, 15) is 51.5 Å². The summed E-state index contributed by atoms with van der Waals surface area (Å²) in [7, 11) is 0. The largest absolute Gasteiger partial charge is 0.492 e. The average molecular weight is 1590 g/mol. The summed E-state index contributed by atoms with van der Waals surface area (Å²) in [4.78, 5) is 90.6. The van der Waals surface area contributed by atoms with Gasteiger partial charge in [-0.15, -0.1) is 0 Å². The first kappa shape index (κ1) is 74.6. The van der Waals surface area contributed by atoms with Crippen LogP contribution in [0.1, 0.15) is 151 Å². The third-order valence-corrected chi connectivity index (χ3v) is 17.3. The molecule has 0 radical (unpaired) electrons. The number of rotatable bonds is 0. The lowest BCUT2D eigenvalue weighted by molar-refractivity contribution is -0.137. The number of fused-ring (bicyclic) bond motifs is 8. The molecule has 0 bridgehead atoms. The van der Waals surface area contributed by atoms with E-state index in [1.165, 1.54) is 6.07 Å². The van der Waals surface area contributed by atoms with Crippen molar-refractivity contribution < 1.29 is 89.4 Å². The zero-order valence-corrected chi connectivity index (χ0v) is 59.2. The molecule has 0 N–H and O–H groups in total. The molecule has 8 aliphatic rings. The Morgan fingerprint density at radius 3 is 1.13 bits per heavy atom. The van der Waals surface area contributed by atoms with Crippen molar-refractivity contribution in [3.05, 3.63) is 230 Å². The average Bonchev–Trinajstić information content (AvgIpc) is 0.866. The molecule has 0 spiro atoms. The quantitative estimate of drug-likeness (QED) is 0.129. The Kier molecular flexibility index (Phi) is 26.3. The molecule has 0 saturated carbocycles. The van der Waals surface area contributed by atoms with Crippen molar-refractivity contribution >= 4 is 120 Å². The Balaban J connectivity index is 0.000000132. The second-order valence-corrected chi connectivity index (χ2v) is 26.0. The van der Waals surface area contributed by atoms with E-state index >= 15 is 0 Å². The normalized spacial score (nSPS) is 15.3. The summed E-state index contributed by atoms with van der Waals surface area (Å²) in [5, 5.41) is 1.44. The summed E-state index contributed by atoms with van der Waals surface area (Å²) in [6.45, 7) is 7.65. The lowest BCUT2D eigenvalue weighted by Crippen LogP contribution is -2.16. The first-order valence-corrected chi connectivity index (χ1v) is 34.1. The number of ether oxygens (including phenoxy) is 8. The van der Waals surface area contributed by atoms with Crippen LogP contribution in [0.4, 0.5) is 13.2 Å². The van der Waals surface area contributed by atoms with E-state index in [0.29, 0.717) is 140 Å². The molecule has 0 fully saturated rings. The number of aryl methyl sites for hydroxylation is 2. The topological polar surface area (TPSA) is 210 Å². The summed E-state index contributed by atoms with van der Waals surface area (Å²) in [5.74, 6) is 5.74. The fourth-order valence-corrected chi connectivity index (χ4v) is 12.0. The van der Waals surface area contributed by atoms with E-state index in [0.717, 1.165) is 76.6 Å². The van der Waals surface area contributed by atoms with Crippen LogP contribution < -0.4 is 37.9 Å². The predicted octanol–water partition coefficient (Wildman–Crippen LogP) is 18.2. The minimum atomic E-state index is -4.42. The molecule has 8 aromatic rings. The highest BCUT2D eigenvalue weighted by Gasteiger charge is 2.33. The SMILES string of the molecule is Cc1ccc2c(c1)C(=O)CCO2.Cc1ccc2c(c1)C(=O)CCO2.O=C1CCOc2c(Cl)cc(Cl)cc21.O=C1CCOc2ccc(Br)cc21.O=C1CCOc2ccc(C(F)(F)F)cc21.O=C1CCOc2ccc(Cl)cc21.O=C1CCOc2ccc(I)cc21.O=C1CCOc2ccccc21. The molecule has 0 amide bonds. The number of alkyl halides is 3. The number of benzene rings is 8. The Morgan fingerprint density at radius 1 is 0.343 bits per heavy atom. The van der Waals surface area contributed by atoms with Crippen LogP contribution in [0, 0.1) is 17.4 Å². The molecule has 8 aliphatic heterocycles. The number of para-hydroxylation sites is 1. The number of hydrogen-bond acceptors (Lipinski definition) is 16. The van der Waals surface area contributed by atoms with Gasteiger partial charge in [-0.25, -0.2) is 0 Å². The third kappa shape index (κ3) is 20.5. The lowest BCUT2D eigenvalue weighted by atomic mass is 10.0. The molecule has 16 rings (SSSR count). The Bertz CT molecular complexity index is 4020. The molecule has 0 aromatic heterocycles. The fraction of sp³-hybridized carbons (Fsp3) is 0.253. The highest BCUT2D eigenvalue weighted by molar-refractivity contribution is 14.1. The summed E-state index contributed by atoms with van der Waals surface area (Å²) in [6, 6.07) is 41.1. The van der Waals surface area contributed by atoms with Gasteiger partial charge in [0.15, 0.2) is 46.3 Å². The van der Waals surface area contributed by atoms with Crippen LogP contribution in [0.5, 0.6) is 46.0 Å². The van der Waals surface area contributed by atoms with Crippen LogP contribution in [0.25, 0.3) is 0 Å². The summed E-state index contributed by atoms with van der Waals surface area (Å²) in [5.41, 5.74) is 6.12. The maximum Gasteiger partial charge on any atom is 0.416 e. The molecule has 0 atom stereocenters. The van der Waals surface area contributed by atoms with Crippen LogP contribution >= 0.6 is 73.3 Å². The molecule has 0 unspecified atom stereocenters. The molecule has 514 valence electrons. The molecule has 0 saturated heterocycles. The minimum Gasteiger partial charge on any atom is -0.492 e. The van der Waals surface area contributed by atoms with Crippen LogP contribution in [0.3, 0.4) is 0 Å². The summed E-state index contributed by atoms with van der Waals surface area (Å²) in [6.07, 6.45) is -0.918. The monoisotopic (exact) mass is 1590 g/mol. The number of hydrogen-bond donors (Lipinski definition) is 0. The first-order valence-electron chi connectivity index (χ1n) is 31.1. The van der Waals surface area contributed by atoms with Crippen molar-refractivity contribution in [3.8, 4) is 46.0 Å². The molecule has 24 heteroatoms. The zero-order chi connectivity index (χ0) is 70.9. The maximum atomic E-state index is 12.3. The summed E-state index contributed by atoms with van der Waals surface area (Å²) >= 11 is 22.8. The van der Waals surface area contributed by atoms with Gasteiger partial charge in [-0.3, -0.25) is 38.4 Å². The van der Waals surface area contributed by atoms with Gasteiger partial charge in [0.25, 0.3) is 0 Å². The van der Waals surface area contributed by atoms with E-state index in [2.05, 4.69) is 38.5 Å². The van der Waals surface area contributed by atoms with Gasteiger partial charge in [-0.2, -0.15) is 13.2 Å². The highest BCUT2D eigenvalue weighted by atomic mass is 127. The van der Waals surface area contributed by atoms with Crippen LogP contribution in [-0.2, 0) is 6.18 Å². The van der Waals surface area contributed by atoms with Crippen molar-refractivity contribution in [2.45, 2.75) is 71.4 Å². The van der Waals surface area contributed by atoms with Gasteiger partial charge in [-0.1, -0.05) is 86.1 Å². The smallest absolute Gasteiger partial charge is 0.416 e. The molecule has 0 aliphatic carbocycles. The molecular weight excluding hydrogens is 1530 g/mol. The number of carbonyl (C=O) groups is 8. The van der Waals surface area contributed by atoms with Crippen molar-refractivity contribution in [2.75, 3.05) is 52.9 Å². The van der Waals surface area contributed by atoms with E-state index in [4.69, 9.17) is 72.7 Å². The standard InChI is InChI=1S/C10H7F3O2.2C10H10O2.C9H7BrO2.C9H6Cl2O2.C9H7ClO2.C9H7IO2.C9H8O2/c11-10(12,13)6-1-2-9-7(5-6)8(14)3-4-15-9;2*1-7-2-3-10-8(6-7)9(11)4-5-12-10;10-6-1-2-9-7(5-6)8(11)3-4-12-9;10-5-3-6-8(12)1-2-13-9(6)7(11)4-5;2*10-6-1-2-9-7(5-6)8(11)3-4-12-9;10-8-5-6-11-9-4-2-1-3-7(8)9/h1-2,5H,3-4H2;2*2-3,6H,4-5H2,1H3;1-2,5H,3-4H2;3-4H,1-2H2;2*1-2,5H,3-4H2;1-4H,5-6H2. The van der Waals surface area contributed by atoms with Crippen LogP contribution in [0.15, 0.2) is 150 Å². The number of ketones is 8. The van der Waals surface area contributed by atoms with Crippen LogP contribution in [-0.4, -0.2) is 99.1 Å². The third-order valence-electron chi connectivity index (χ3n) is 15.4. The zero-order valence-electron chi connectivity index (χ0n) is 53.2. The van der Waals surface area contributed by atoms with Gasteiger partial charge in [0.05, 0.1) is 108 Å². The van der Waals surface area contributed by atoms with E-state index in [1.807, 2.05) is 98.8 Å². The fourth-order valence-electron chi connectivity index (χ4n) is 10.4. The molecule has 16 nitrogen and oxygen atoms in total. The molecule has 8 heterocycles. The highest BCUT2D eigenvalue weighted by Crippen LogP contribution is 2.38. The lowest BCUT2D eigenvalue weighted by Gasteiger charge is -2.17. The van der Waals surface area contributed by atoms with Gasteiger partial charge in [-0.05, 0) is 158 Å². The Labute approximate surface area is 604 Å². The second-order valence-electron chi connectivity index (χ2n) is 22.6. The predicted molar refractivity (Wildman–Crippen MR) is 377 cm³/mol. The van der Waals surface area contributed by atoms with Gasteiger partial charge in [0, 0.05) is 69.5 Å². The van der Waals surface area contributed by atoms with Crippen molar-refractivity contribution in [1.82, 2.24) is 0 Å². The Hall–Kier alpha value is -8.61. The molecular formula is C75H62BrCl3F3IO16. The Morgan fingerprint density at radius 2 is 0.677 bits per heavy atom. The second kappa shape index (κ2) is 34.9. The van der Waals surface area contributed by atoms with E-state index in [-0.39, 0.29) is 70.6 Å². The van der Waals surface area contributed by atoms with Crippen molar-refractivity contribution in [3.63, 3.8) is 0 Å². The van der Waals surface area contributed by atoms with E-state index < -0.39 is 11.7 Å². The maximum absolute atomic E-state index is 12.3. The molecule has 8 aromatic carbocycles. The summed E-state index contributed by atoms with van der Waals surface area (Å²) < 4.78 is 81.2.